The largest absolute Gasteiger partial charge is 0.454 e. The normalized spacial score (nSPS) is 12.1. The molecule has 0 radical (unpaired) electrons. The number of rotatable bonds is 4. The first-order valence-corrected chi connectivity index (χ1v) is 7.63. The molecule has 0 aromatic heterocycles. The summed E-state index contributed by atoms with van der Waals surface area (Å²) in [5, 5.41) is 2.69. The van der Waals surface area contributed by atoms with Gasteiger partial charge in [0.05, 0.1) is 5.69 Å². The van der Waals surface area contributed by atoms with Crippen molar-refractivity contribution >= 4 is 23.8 Å². The number of anilines is 2. The molecule has 2 aromatic carbocycles. The molecule has 0 fully saturated rings. The van der Waals surface area contributed by atoms with E-state index in [1.54, 1.807) is 24.3 Å². The van der Waals surface area contributed by atoms with Gasteiger partial charge in [-0.1, -0.05) is 26.0 Å². The Labute approximate surface area is 140 Å². The minimum Gasteiger partial charge on any atom is -0.454 e. The number of fused-ring (bicyclic) bond motifs is 1. The Morgan fingerprint density at radius 1 is 1.17 bits per heavy atom. The zero-order chi connectivity index (χ0) is 17.1. The highest BCUT2D eigenvalue weighted by molar-refractivity contribution is 6.12. The zero-order valence-corrected chi connectivity index (χ0v) is 13.5. The van der Waals surface area contributed by atoms with Gasteiger partial charge in [0, 0.05) is 11.8 Å². The summed E-state index contributed by atoms with van der Waals surface area (Å²) < 4.78 is 10.5. The van der Waals surface area contributed by atoms with E-state index < -0.39 is 6.03 Å². The zero-order valence-electron chi connectivity index (χ0n) is 13.5. The van der Waals surface area contributed by atoms with Crippen LogP contribution in [0, 0.1) is 0 Å². The molecule has 0 unspecified atom stereocenters. The lowest BCUT2D eigenvalue weighted by Crippen LogP contribution is -2.33. The molecule has 2 aromatic rings. The highest BCUT2D eigenvalue weighted by atomic mass is 16.7. The number of nitrogens with zero attached hydrogens (tertiary/aromatic N) is 1. The van der Waals surface area contributed by atoms with Gasteiger partial charge in [0.1, 0.15) is 0 Å². The number of imide groups is 1. The van der Waals surface area contributed by atoms with Gasteiger partial charge in [-0.15, -0.1) is 0 Å². The van der Waals surface area contributed by atoms with Crippen LogP contribution in [-0.4, -0.2) is 19.2 Å². The van der Waals surface area contributed by atoms with Gasteiger partial charge >= 0.3 is 6.03 Å². The Hall–Kier alpha value is -3.02. The van der Waals surface area contributed by atoms with Gasteiger partial charge in [-0.25, -0.2) is 9.69 Å². The number of benzene rings is 2. The first-order chi connectivity index (χ1) is 11.6. The van der Waals surface area contributed by atoms with E-state index in [0.717, 1.165) is 10.5 Å². The third-order valence-corrected chi connectivity index (χ3v) is 3.76. The van der Waals surface area contributed by atoms with Crippen molar-refractivity contribution < 1.29 is 19.1 Å². The first kappa shape index (κ1) is 15.9. The second kappa shape index (κ2) is 6.62. The Balaban J connectivity index is 1.79. The van der Waals surface area contributed by atoms with Crippen molar-refractivity contribution in [3.8, 4) is 11.5 Å². The Kier molecular flexibility index (Phi) is 4.37. The fraction of sp³-hybridized carbons (Fsp3) is 0.222. The van der Waals surface area contributed by atoms with Crippen molar-refractivity contribution in [2.75, 3.05) is 17.0 Å². The lowest BCUT2D eigenvalue weighted by atomic mass is 10.0. The van der Waals surface area contributed by atoms with Crippen LogP contribution in [0.5, 0.6) is 11.5 Å². The molecule has 0 saturated carbocycles. The average molecular weight is 326 g/mol. The lowest BCUT2D eigenvalue weighted by Gasteiger charge is -2.18. The van der Waals surface area contributed by atoms with E-state index in [4.69, 9.17) is 9.47 Å². The van der Waals surface area contributed by atoms with Crippen molar-refractivity contribution in [1.82, 2.24) is 0 Å². The maximum absolute atomic E-state index is 12.4. The van der Waals surface area contributed by atoms with Gasteiger partial charge in [0.2, 0.25) is 13.2 Å². The molecule has 0 bridgehead atoms. The third-order valence-electron chi connectivity index (χ3n) is 3.76. The summed E-state index contributed by atoms with van der Waals surface area (Å²) in [4.78, 5) is 24.9. The molecule has 124 valence electrons. The summed E-state index contributed by atoms with van der Waals surface area (Å²) in [7, 11) is 0. The van der Waals surface area contributed by atoms with Crippen LogP contribution in [0.25, 0.3) is 0 Å². The first-order valence-electron chi connectivity index (χ1n) is 7.63. The number of ether oxygens (including phenoxy) is 2. The second-order valence-corrected chi connectivity index (χ2v) is 5.72. The van der Waals surface area contributed by atoms with E-state index in [1.165, 1.54) is 0 Å². The van der Waals surface area contributed by atoms with Crippen LogP contribution in [0.2, 0.25) is 0 Å². The molecule has 0 saturated heterocycles. The predicted octanol–water partition coefficient (Wildman–Crippen LogP) is 3.73. The van der Waals surface area contributed by atoms with Crippen LogP contribution >= 0.6 is 0 Å². The molecule has 1 N–H and O–H groups in total. The van der Waals surface area contributed by atoms with Crippen LogP contribution in [0.1, 0.15) is 25.3 Å². The van der Waals surface area contributed by atoms with Crippen molar-refractivity contribution in [1.29, 1.82) is 0 Å². The van der Waals surface area contributed by atoms with Crippen molar-refractivity contribution in [2.45, 2.75) is 19.8 Å². The molecule has 0 spiro atoms. The fourth-order valence-electron chi connectivity index (χ4n) is 2.42. The minimum absolute atomic E-state index is 0.162. The van der Waals surface area contributed by atoms with Crippen molar-refractivity contribution in [2.24, 2.45) is 0 Å². The summed E-state index contributed by atoms with van der Waals surface area (Å²) in [5.41, 5.74) is 2.10. The monoisotopic (exact) mass is 326 g/mol. The van der Waals surface area contributed by atoms with Crippen LogP contribution in [0.4, 0.5) is 16.2 Å². The lowest BCUT2D eigenvalue weighted by molar-refractivity contribution is -0.106. The van der Waals surface area contributed by atoms with E-state index in [1.807, 2.05) is 18.2 Å². The second-order valence-electron chi connectivity index (χ2n) is 5.72. The van der Waals surface area contributed by atoms with E-state index in [0.29, 0.717) is 35.2 Å². The van der Waals surface area contributed by atoms with Crippen LogP contribution < -0.4 is 19.7 Å². The molecule has 6 nitrogen and oxygen atoms in total. The highest BCUT2D eigenvalue weighted by Crippen LogP contribution is 2.34. The van der Waals surface area contributed by atoms with Gasteiger partial charge in [-0.2, -0.15) is 0 Å². The summed E-state index contributed by atoms with van der Waals surface area (Å²) in [6.07, 6.45) is 0.502. The number of carbonyl (C=O) groups is 2. The van der Waals surface area contributed by atoms with Crippen LogP contribution in [0.3, 0.4) is 0 Å². The topological polar surface area (TPSA) is 67.9 Å². The highest BCUT2D eigenvalue weighted by Gasteiger charge is 2.18. The molecule has 3 amide bonds. The standard InChI is InChI=1S/C18H18N2O4/c1-12(2)13-4-3-5-15(8-13)20(10-21)18(22)19-14-6-7-16-17(9-14)24-11-23-16/h3-10,12H,11H2,1-2H3,(H,19,22). The molecule has 0 atom stereocenters. The summed E-state index contributed by atoms with van der Waals surface area (Å²) in [5.74, 6) is 1.49. The molecular formula is C18H18N2O4. The molecule has 6 heteroatoms. The van der Waals surface area contributed by atoms with Gasteiger partial charge in [0.25, 0.3) is 0 Å². The summed E-state index contributed by atoms with van der Waals surface area (Å²) in [6.45, 7) is 4.27. The number of carbonyl (C=O) groups excluding carboxylic acids is 2. The number of urea groups is 1. The SMILES string of the molecule is CC(C)c1cccc(N(C=O)C(=O)Nc2ccc3c(c2)OCO3)c1. The molecular weight excluding hydrogens is 308 g/mol. The third kappa shape index (κ3) is 3.17. The Morgan fingerprint density at radius 2 is 1.96 bits per heavy atom. The van der Waals surface area contributed by atoms with Crippen LogP contribution in [-0.2, 0) is 4.79 Å². The van der Waals surface area contributed by atoms with Gasteiger partial charge in [-0.05, 0) is 35.7 Å². The molecule has 1 aliphatic rings. The molecule has 1 aliphatic heterocycles. The van der Waals surface area contributed by atoms with Gasteiger partial charge < -0.3 is 14.8 Å². The summed E-state index contributed by atoms with van der Waals surface area (Å²) in [6, 6.07) is 11.9. The summed E-state index contributed by atoms with van der Waals surface area (Å²) >= 11 is 0. The average Bonchev–Trinajstić information content (AvgIpc) is 3.03. The Morgan fingerprint density at radius 3 is 2.71 bits per heavy atom. The quantitative estimate of drug-likeness (QED) is 0.869. The smallest absolute Gasteiger partial charge is 0.332 e. The van der Waals surface area contributed by atoms with Gasteiger partial charge in [0.15, 0.2) is 11.5 Å². The minimum atomic E-state index is -0.537. The van der Waals surface area contributed by atoms with E-state index in [2.05, 4.69) is 19.2 Å². The fourth-order valence-corrected chi connectivity index (χ4v) is 2.42. The molecule has 24 heavy (non-hydrogen) atoms. The van der Waals surface area contributed by atoms with Crippen molar-refractivity contribution in [3.05, 3.63) is 48.0 Å². The maximum atomic E-state index is 12.4. The Bertz CT molecular complexity index is 773. The van der Waals surface area contributed by atoms with E-state index >= 15 is 0 Å². The number of hydrogen-bond donors (Lipinski definition) is 1. The van der Waals surface area contributed by atoms with Gasteiger partial charge in [-0.3, -0.25) is 4.79 Å². The molecule has 0 aliphatic carbocycles. The molecule has 1 heterocycles. The predicted molar refractivity (Wildman–Crippen MR) is 90.7 cm³/mol. The molecule has 3 rings (SSSR count). The van der Waals surface area contributed by atoms with E-state index in [9.17, 15) is 9.59 Å². The van der Waals surface area contributed by atoms with Crippen molar-refractivity contribution in [3.63, 3.8) is 0 Å². The van der Waals surface area contributed by atoms with E-state index in [-0.39, 0.29) is 6.79 Å². The maximum Gasteiger partial charge on any atom is 0.332 e. The number of amides is 3. The van der Waals surface area contributed by atoms with Crippen LogP contribution in [0.15, 0.2) is 42.5 Å². The number of nitrogens with one attached hydrogen (secondary N) is 1. The number of hydrogen-bond acceptors (Lipinski definition) is 4.